The largest absolute Gasteiger partial charge is 0.351 e. The van der Waals surface area contributed by atoms with Crippen molar-refractivity contribution in [2.75, 3.05) is 6.54 Å². The van der Waals surface area contributed by atoms with Crippen LogP contribution in [0.25, 0.3) is 11.0 Å². The Balaban J connectivity index is 2.20. The maximum atomic E-state index is 12.0. The fourth-order valence-corrected chi connectivity index (χ4v) is 1.80. The van der Waals surface area contributed by atoms with Crippen LogP contribution in [0.3, 0.4) is 0 Å². The first kappa shape index (κ1) is 12.4. The zero-order chi connectivity index (χ0) is 13.1. The van der Waals surface area contributed by atoms with Gasteiger partial charge in [0.2, 0.25) is 5.91 Å². The maximum Gasteiger partial charge on any atom is 0.243 e. The standard InChI is InChI=1S/C14H17N3O/c1-10(2)8-15-14(18)11(3)17-9-16-12-6-4-5-7-13(12)17/h4-7,9,11H,1,8H2,2-3H3,(H,15,18). The lowest BCUT2D eigenvalue weighted by atomic mass is 10.2. The number of amides is 1. The second-order valence-electron chi connectivity index (χ2n) is 4.49. The molecule has 0 fully saturated rings. The lowest BCUT2D eigenvalue weighted by Crippen LogP contribution is -2.31. The number of carbonyl (C=O) groups is 1. The summed E-state index contributed by atoms with van der Waals surface area (Å²) in [5.74, 6) is -0.0267. The van der Waals surface area contributed by atoms with E-state index in [9.17, 15) is 4.79 Å². The molecule has 1 amide bonds. The Morgan fingerprint density at radius 3 is 2.94 bits per heavy atom. The van der Waals surface area contributed by atoms with Crippen LogP contribution in [0.4, 0.5) is 0 Å². The van der Waals surface area contributed by atoms with E-state index in [0.29, 0.717) is 6.54 Å². The van der Waals surface area contributed by atoms with E-state index in [-0.39, 0.29) is 11.9 Å². The second-order valence-corrected chi connectivity index (χ2v) is 4.49. The molecule has 4 nitrogen and oxygen atoms in total. The molecular formula is C14H17N3O. The number of carbonyl (C=O) groups excluding carboxylic acids is 1. The van der Waals surface area contributed by atoms with Crippen LogP contribution >= 0.6 is 0 Å². The van der Waals surface area contributed by atoms with Crippen LogP contribution in [0.2, 0.25) is 0 Å². The highest BCUT2D eigenvalue weighted by molar-refractivity contribution is 5.83. The van der Waals surface area contributed by atoms with E-state index in [4.69, 9.17) is 0 Å². The number of nitrogens with zero attached hydrogens (tertiary/aromatic N) is 2. The van der Waals surface area contributed by atoms with Gasteiger partial charge in [0.25, 0.3) is 0 Å². The van der Waals surface area contributed by atoms with Crippen molar-refractivity contribution in [2.45, 2.75) is 19.9 Å². The van der Waals surface area contributed by atoms with Gasteiger partial charge in [-0.25, -0.2) is 4.98 Å². The molecule has 94 valence electrons. The summed E-state index contributed by atoms with van der Waals surface area (Å²) in [6.07, 6.45) is 1.70. The van der Waals surface area contributed by atoms with E-state index in [2.05, 4.69) is 16.9 Å². The number of imidazole rings is 1. The van der Waals surface area contributed by atoms with Gasteiger partial charge < -0.3 is 9.88 Å². The van der Waals surface area contributed by atoms with Crippen LogP contribution in [0, 0.1) is 0 Å². The van der Waals surface area contributed by atoms with Crippen molar-refractivity contribution in [3.63, 3.8) is 0 Å². The van der Waals surface area contributed by atoms with Gasteiger partial charge in [0.05, 0.1) is 17.4 Å². The molecule has 0 spiro atoms. The Labute approximate surface area is 106 Å². The van der Waals surface area contributed by atoms with Crippen LogP contribution < -0.4 is 5.32 Å². The summed E-state index contributed by atoms with van der Waals surface area (Å²) in [6.45, 7) is 8.02. The number of nitrogens with one attached hydrogen (secondary N) is 1. The van der Waals surface area contributed by atoms with Crippen molar-refractivity contribution >= 4 is 16.9 Å². The highest BCUT2D eigenvalue weighted by atomic mass is 16.2. The van der Waals surface area contributed by atoms with E-state index in [1.165, 1.54) is 0 Å². The van der Waals surface area contributed by atoms with Gasteiger partial charge in [-0.2, -0.15) is 0 Å². The quantitative estimate of drug-likeness (QED) is 0.837. The summed E-state index contributed by atoms with van der Waals surface area (Å²) in [4.78, 5) is 16.3. The first-order valence-electron chi connectivity index (χ1n) is 5.93. The summed E-state index contributed by atoms with van der Waals surface area (Å²) >= 11 is 0. The number of benzene rings is 1. The minimum Gasteiger partial charge on any atom is -0.351 e. The molecular weight excluding hydrogens is 226 g/mol. The molecule has 1 unspecified atom stereocenters. The summed E-state index contributed by atoms with van der Waals surface area (Å²) < 4.78 is 1.88. The van der Waals surface area contributed by atoms with Crippen molar-refractivity contribution < 1.29 is 4.79 Å². The predicted molar refractivity (Wildman–Crippen MR) is 72.3 cm³/mol. The molecule has 0 radical (unpaired) electrons. The van der Waals surface area contributed by atoms with Crippen molar-refractivity contribution in [3.05, 3.63) is 42.7 Å². The lowest BCUT2D eigenvalue weighted by Gasteiger charge is -2.14. The van der Waals surface area contributed by atoms with Gasteiger partial charge in [-0.3, -0.25) is 4.79 Å². The van der Waals surface area contributed by atoms with Crippen LogP contribution in [0.5, 0.6) is 0 Å². The summed E-state index contributed by atoms with van der Waals surface area (Å²) in [5, 5.41) is 2.85. The summed E-state index contributed by atoms with van der Waals surface area (Å²) in [6, 6.07) is 7.50. The Kier molecular flexibility index (Phi) is 3.46. The van der Waals surface area contributed by atoms with Crippen molar-refractivity contribution in [1.82, 2.24) is 14.9 Å². The number of fused-ring (bicyclic) bond motifs is 1. The van der Waals surface area contributed by atoms with Gasteiger partial charge in [-0.1, -0.05) is 24.3 Å². The third-order valence-corrected chi connectivity index (χ3v) is 2.84. The summed E-state index contributed by atoms with van der Waals surface area (Å²) in [5.41, 5.74) is 2.80. The van der Waals surface area contributed by atoms with Crippen LogP contribution in [-0.2, 0) is 4.79 Å². The molecule has 2 aromatic rings. The van der Waals surface area contributed by atoms with Gasteiger partial charge in [0, 0.05) is 6.54 Å². The number of rotatable bonds is 4. The SMILES string of the molecule is C=C(C)CNC(=O)C(C)n1cnc2ccccc21. The summed E-state index contributed by atoms with van der Waals surface area (Å²) in [7, 11) is 0. The number of hydrogen-bond acceptors (Lipinski definition) is 2. The Morgan fingerprint density at radius 1 is 1.50 bits per heavy atom. The molecule has 0 bridgehead atoms. The molecule has 0 aliphatic heterocycles. The zero-order valence-corrected chi connectivity index (χ0v) is 10.7. The van der Waals surface area contributed by atoms with E-state index in [1.54, 1.807) is 6.33 Å². The molecule has 0 saturated heterocycles. The van der Waals surface area contributed by atoms with Gasteiger partial charge in [-0.05, 0) is 26.0 Å². The first-order valence-corrected chi connectivity index (χ1v) is 5.93. The first-order chi connectivity index (χ1) is 8.59. The van der Waals surface area contributed by atoms with Crippen molar-refractivity contribution in [1.29, 1.82) is 0 Å². The third-order valence-electron chi connectivity index (χ3n) is 2.84. The molecule has 0 aliphatic carbocycles. The second kappa shape index (κ2) is 5.04. The molecule has 0 aliphatic rings. The van der Waals surface area contributed by atoms with Crippen LogP contribution in [-0.4, -0.2) is 22.0 Å². The van der Waals surface area contributed by atoms with Crippen molar-refractivity contribution in [2.24, 2.45) is 0 Å². The molecule has 1 atom stereocenters. The van der Waals surface area contributed by atoms with Gasteiger partial charge in [0.1, 0.15) is 6.04 Å². The molecule has 1 N–H and O–H groups in total. The number of aromatic nitrogens is 2. The normalized spacial score (nSPS) is 12.3. The predicted octanol–water partition coefficient (Wildman–Crippen LogP) is 2.29. The zero-order valence-electron chi connectivity index (χ0n) is 10.7. The molecule has 4 heteroatoms. The Morgan fingerprint density at radius 2 is 2.22 bits per heavy atom. The van der Waals surface area contributed by atoms with E-state index in [0.717, 1.165) is 16.6 Å². The van der Waals surface area contributed by atoms with Gasteiger partial charge >= 0.3 is 0 Å². The fourth-order valence-electron chi connectivity index (χ4n) is 1.80. The third kappa shape index (κ3) is 2.42. The van der Waals surface area contributed by atoms with E-state index >= 15 is 0 Å². The molecule has 18 heavy (non-hydrogen) atoms. The molecule has 2 rings (SSSR count). The highest BCUT2D eigenvalue weighted by Gasteiger charge is 2.16. The van der Waals surface area contributed by atoms with Gasteiger partial charge in [-0.15, -0.1) is 0 Å². The number of para-hydroxylation sites is 2. The Hall–Kier alpha value is -2.10. The maximum absolute atomic E-state index is 12.0. The highest BCUT2D eigenvalue weighted by Crippen LogP contribution is 2.17. The molecule has 1 aromatic heterocycles. The molecule has 0 saturated carbocycles. The molecule has 1 aromatic carbocycles. The van der Waals surface area contributed by atoms with E-state index in [1.807, 2.05) is 42.7 Å². The van der Waals surface area contributed by atoms with Gasteiger partial charge in [0.15, 0.2) is 0 Å². The lowest BCUT2D eigenvalue weighted by molar-refractivity contribution is -0.123. The molecule has 1 heterocycles. The smallest absolute Gasteiger partial charge is 0.243 e. The Bertz CT molecular complexity index is 585. The minimum atomic E-state index is -0.281. The van der Waals surface area contributed by atoms with Crippen LogP contribution in [0.15, 0.2) is 42.7 Å². The monoisotopic (exact) mass is 243 g/mol. The average Bonchev–Trinajstić information content (AvgIpc) is 2.78. The number of hydrogen-bond donors (Lipinski definition) is 1. The van der Waals surface area contributed by atoms with Crippen molar-refractivity contribution in [3.8, 4) is 0 Å². The van der Waals surface area contributed by atoms with Crippen LogP contribution in [0.1, 0.15) is 19.9 Å². The minimum absolute atomic E-state index is 0.0267. The van der Waals surface area contributed by atoms with E-state index < -0.39 is 0 Å². The average molecular weight is 243 g/mol. The topological polar surface area (TPSA) is 46.9 Å². The fraction of sp³-hybridized carbons (Fsp3) is 0.286.